The number of rotatable bonds is 2. The maximum absolute atomic E-state index is 3.23. The molecule has 1 rings (SSSR count). The molecule has 0 aromatic rings. The summed E-state index contributed by atoms with van der Waals surface area (Å²) in [6.45, 7) is 2.50. The molecule has 1 aliphatic rings. The van der Waals surface area contributed by atoms with Crippen molar-refractivity contribution in [3.8, 4) is 0 Å². The molecule has 0 amide bonds. The maximum atomic E-state index is 3.23. The summed E-state index contributed by atoms with van der Waals surface area (Å²) in [4.78, 5) is 0. The molecule has 0 bridgehead atoms. The molecule has 0 aliphatic carbocycles. The van der Waals surface area contributed by atoms with E-state index in [0.717, 1.165) is 5.92 Å². The summed E-state index contributed by atoms with van der Waals surface area (Å²) in [5, 5.41) is 3.23. The van der Waals surface area contributed by atoms with Crippen molar-refractivity contribution < 1.29 is 0 Å². The number of hydrogen-bond acceptors (Lipinski definition) is 2. The van der Waals surface area contributed by atoms with Crippen LogP contribution in [0.2, 0.25) is 0 Å². The van der Waals surface area contributed by atoms with Gasteiger partial charge in [-0.05, 0) is 31.0 Å². The molecule has 7 heavy (non-hydrogen) atoms. The highest BCUT2D eigenvalue weighted by atomic mass is 32.2. The minimum Gasteiger partial charge on any atom is -0.316 e. The lowest BCUT2D eigenvalue weighted by atomic mass is 10.1. The minimum atomic E-state index is 0.981. The highest BCUT2D eigenvalue weighted by Crippen LogP contribution is 2.08. The molecule has 0 saturated carbocycles. The lowest BCUT2D eigenvalue weighted by Gasteiger charge is -2.25. The van der Waals surface area contributed by atoms with E-state index in [1.54, 1.807) is 0 Å². The molecule has 0 aromatic heterocycles. The standard InChI is InChI=1S/C5H11NS/c1-7-4-5-2-6-3-5/h5-6H,2-4H2,1H3. The van der Waals surface area contributed by atoms with E-state index in [4.69, 9.17) is 0 Å². The molecular formula is C5H11NS. The zero-order chi connectivity index (χ0) is 5.11. The van der Waals surface area contributed by atoms with E-state index in [1.165, 1.54) is 18.8 Å². The van der Waals surface area contributed by atoms with Crippen LogP contribution in [0.4, 0.5) is 0 Å². The molecule has 0 aromatic carbocycles. The fourth-order valence-electron chi connectivity index (χ4n) is 0.702. The van der Waals surface area contributed by atoms with Crippen LogP contribution in [0, 0.1) is 5.92 Å². The van der Waals surface area contributed by atoms with Crippen molar-refractivity contribution in [3.63, 3.8) is 0 Å². The number of thioether (sulfide) groups is 1. The Morgan fingerprint density at radius 1 is 1.71 bits per heavy atom. The normalized spacial score (nSPS) is 21.9. The average Bonchev–Trinajstić information content (AvgIpc) is 1.55. The Morgan fingerprint density at radius 2 is 2.43 bits per heavy atom. The summed E-state index contributed by atoms with van der Waals surface area (Å²) in [7, 11) is 0. The first-order chi connectivity index (χ1) is 3.43. The predicted octanol–water partition coefficient (Wildman–Crippen LogP) is 0.569. The summed E-state index contributed by atoms with van der Waals surface area (Å²) in [5.74, 6) is 2.32. The smallest absolute Gasteiger partial charge is 0.0000328 e. The van der Waals surface area contributed by atoms with E-state index in [9.17, 15) is 0 Å². The molecule has 0 radical (unpaired) electrons. The third-order valence-corrected chi connectivity index (χ3v) is 2.07. The Labute approximate surface area is 48.9 Å². The van der Waals surface area contributed by atoms with Crippen LogP contribution in [0.3, 0.4) is 0 Å². The summed E-state index contributed by atoms with van der Waals surface area (Å²) in [6, 6.07) is 0. The zero-order valence-corrected chi connectivity index (χ0v) is 5.42. The lowest BCUT2D eigenvalue weighted by molar-refractivity contribution is 0.385. The van der Waals surface area contributed by atoms with Gasteiger partial charge < -0.3 is 5.32 Å². The van der Waals surface area contributed by atoms with Crippen molar-refractivity contribution in [2.75, 3.05) is 25.1 Å². The second kappa shape index (κ2) is 2.58. The maximum Gasteiger partial charge on any atom is -0.0000328 e. The van der Waals surface area contributed by atoms with E-state index < -0.39 is 0 Å². The summed E-state index contributed by atoms with van der Waals surface area (Å²) in [5.41, 5.74) is 0. The highest BCUT2D eigenvalue weighted by molar-refractivity contribution is 7.98. The molecule has 1 saturated heterocycles. The van der Waals surface area contributed by atoms with E-state index in [1.807, 2.05) is 11.8 Å². The van der Waals surface area contributed by atoms with Gasteiger partial charge in [0.1, 0.15) is 0 Å². The number of hydrogen-bond donors (Lipinski definition) is 1. The van der Waals surface area contributed by atoms with Crippen LogP contribution in [0.5, 0.6) is 0 Å². The van der Waals surface area contributed by atoms with E-state index in [0.29, 0.717) is 0 Å². The molecule has 2 heteroatoms. The lowest BCUT2D eigenvalue weighted by Crippen LogP contribution is -2.43. The second-order valence-corrected chi connectivity index (χ2v) is 2.89. The van der Waals surface area contributed by atoms with Gasteiger partial charge in [0.15, 0.2) is 0 Å². The fraction of sp³-hybridized carbons (Fsp3) is 1.00. The molecule has 1 heterocycles. The zero-order valence-electron chi connectivity index (χ0n) is 4.61. The molecule has 1 nitrogen and oxygen atoms in total. The van der Waals surface area contributed by atoms with E-state index in [2.05, 4.69) is 11.6 Å². The minimum absolute atomic E-state index is 0.981. The quantitative estimate of drug-likeness (QED) is 0.567. The largest absolute Gasteiger partial charge is 0.316 e. The summed E-state index contributed by atoms with van der Waals surface area (Å²) < 4.78 is 0. The van der Waals surface area contributed by atoms with Crippen LogP contribution in [-0.2, 0) is 0 Å². The first-order valence-corrected chi connectivity index (χ1v) is 4.02. The van der Waals surface area contributed by atoms with Crippen molar-refractivity contribution in [2.45, 2.75) is 0 Å². The van der Waals surface area contributed by atoms with Gasteiger partial charge in [-0.3, -0.25) is 0 Å². The number of nitrogens with one attached hydrogen (secondary N) is 1. The van der Waals surface area contributed by atoms with Crippen LogP contribution in [0.25, 0.3) is 0 Å². The Kier molecular flexibility index (Phi) is 2.00. The topological polar surface area (TPSA) is 12.0 Å². The highest BCUT2D eigenvalue weighted by Gasteiger charge is 2.14. The monoisotopic (exact) mass is 117 g/mol. The van der Waals surface area contributed by atoms with Gasteiger partial charge in [0.2, 0.25) is 0 Å². The fourth-order valence-corrected chi connectivity index (χ4v) is 1.41. The van der Waals surface area contributed by atoms with Gasteiger partial charge in [-0.1, -0.05) is 0 Å². The van der Waals surface area contributed by atoms with Crippen LogP contribution >= 0.6 is 11.8 Å². The predicted molar refractivity (Wildman–Crippen MR) is 34.7 cm³/mol. The molecular weight excluding hydrogens is 106 g/mol. The Morgan fingerprint density at radius 3 is 2.57 bits per heavy atom. The molecule has 1 fully saturated rings. The Balaban J connectivity index is 1.93. The third kappa shape index (κ3) is 1.35. The van der Waals surface area contributed by atoms with Crippen LogP contribution in [0.15, 0.2) is 0 Å². The van der Waals surface area contributed by atoms with Crippen molar-refractivity contribution in [2.24, 2.45) is 5.92 Å². The molecule has 1 aliphatic heterocycles. The Hall–Kier alpha value is 0.310. The van der Waals surface area contributed by atoms with Crippen molar-refractivity contribution in [3.05, 3.63) is 0 Å². The van der Waals surface area contributed by atoms with Gasteiger partial charge in [-0.15, -0.1) is 0 Å². The third-order valence-electron chi connectivity index (χ3n) is 1.27. The summed E-state index contributed by atoms with van der Waals surface area (Å²) in [6.07, 6.45) is 2.16. The van der Waals surface area contributed by atoms with Crippen LogP contribution in [0.1, 0.15) is 0 Å². The molecule has 1 N–H and O–H groups in total. The second-order valence-electron chi connectivity index (χ2n) is 1.98. The molecule has 0 atom stereocenters. The van der Waals surface area contributed by atoms with Crippen molar-refractivity contribution in [1.82, 2.24) is 5.32 Å². The van der Waals surface area contributed by atoms with Gasteiger partial charge in [0.05, 0.1) is 0 Å². The van der Waals surface area contributed by atoms with E-state index in [-0.39, 0.29) is 0 Å². The molecule has 0 spiro atoms. The SMILES string of the molecule is CSCC1CNC1. The average molecular weight is 117 g/mol. The summed E-state index contributed by atoms with van der Waals surface area (Å²) >= 11 is 1.95. The van der Waals surface area contributed by atoms with Gasteiger partial charge in [0.25, 0.3) is 0 Å². The van der Waals surface area contributed by atoms with Crippen LogP contribution < -0.4 is 5.32 Å². The van der Waals surface area contributed by atoms with Crippen molar-refractivity contribution in [1.29, 1.82) is 0 Å². The molecule has 0 unspecified atom stereocenters. The Bertz CT molecular complexity index is 52.0. The first-order valence-electron chi connectivity index (χ1n) is 2.63. The van der Waals surface area contributed by atoms with Crippen LogP contribution in [-0.4, -0.2) is 25.1 Å². The van der Waals surface area contributed by atoms with Gasteiger partial charge in [-0.2, -0.15) is 11.8 Å². The first kappa shape index (κ1) is 5.45. The van der Waals surface area contributed by atoms with Gasteiger partial charge >= 0.3 is 0 Å². The van der Waals surface area contributed by atoms with Crippen molar-refractivity contribution >= 4 is 11.8 Å². The van der Waals surface area contributed by atoms with Gasteiger partial charge in [-0.25, -0.2) is 0 Å². The van der Waals surface area contributed by atoms with Gasteiger partial charge in [0, 0.05) is 0 Å². The molecule has 42 valence electrons. The van der Waals surface area contributed by atoms with E-state index >= 15 is 0 Å².